The second kappa shape index (κ2) is 17.3. The van der Waals surface area contributed by atoms with Crippen molar-refractivity contribution in [3.63, 3.8) is 0 Å². The number of carbonyl (C=O) groups is 1. The summed E-state index contributed by atoms with van der Waals surface area (Å²) in [5.74, 6) is 2.63. The molecule has 5 radical (unpaired) electrons. The molecule has 0 amide bonds. The summed E-state index contributed by atoms with van der Waals surface area (Å²) in [6.45, 7) is 11.7. The Morgan fingerprint density at radius 1 is 0.833 bits per heavy atom. The summed E-state index contributed by atoms with van der Waals surface area (Å²) in [6, 6.07) is 24.5. The molecule has 231 valence electrons. The number of benzene rings is 2. The van der Waals surface area contributed by atoms with E-state index in [0.717, 1.165) is 12.1 Å². The first kappa shape index (κ1) is 42.1. The maximum absolute atomic E-state index is 12.6. The van der Waals surface area contributed by atoms with Gasteiger partial charge in [0, 0.05) is 20.0 Å². The van der Waals surface area contributed by atoms with Gasteiger partial charge in [-0.3, -0.25) is 4.79 Å². The summed E-state index contributed by atoms with van der Waals surface area (Å²) < 4.78 is 64.9. The third-order valence-corrected chi connectivity index (χ3v) is 7.34. The van der Waals surface area contributed by atoms with Crippen LogP contribution in [0.15, 0.2) is 60.7 Å². The van der Waals surface area contributed by atoms with Crippen molar-refractivity contribution >= 4 is 32.3 Å². The molecule has 0 atom stereocenters. The summed E-state index contributed by atoms with van der Waals surface area (Å²) in [5, 5.41) is 17.2. The minimum atomic E-state index is -10.7. The Morgan fingerprint density at radius 2 is 1.19 bits per heavy atom. The summed E-state index contributed by atoms with van der Waals surface area (Å²) in [4.78, 5) is 12.6. The first-order valence-corrected chi connectivity index (χ1v) is 15.7. The molecule has 0 unspecified atom stereocenters. The van der Waals surface area contributed by atoms with Crippen molar-refractivity contribution in [3.05, 3.63) is 91.3 Å². The van der Waals surface area contributed by atoms with Crippen LogP contribution in [0.3, 0.4) is 0 Å². The molecule has 1 fully saturated rings. The fourth-order valence-corrected chi connectivity index (χ4v) is 5.36. The maximum Gasteiger partial charge on any atom is 2.00 e. The molecule has 3 rings (SSSR count). The topological polar surface area (TPSA) is 73.9 Å². The van der Waals surface area contributed by atoms with E-state index in [1.807, 2.05) is 25.5 Å². The number of rotatable bonds is 6. The SMILES string of the molecule is CC#N.CC#N.C[C]1[CH][C](C(C)(C)C)[CH][C]1C(=O)OCCP(c1ccccc1)c1ccccc1.F[P-](F)(F)(F)(F)F.[Ru+2]. The van der Waals surface area contributed by atoms with Crippen LogP contribution in [0.1, 0.15) is 41.5 Å². The number of hydrogen-bond acceptors (Lipinski definition) is 4. The van der Waals surface area contributed by atoms with Gasteiger partial charge >= 0.3 is 58.4 Å². The minimum absolute atomic E-state index is 0. The Kier molecular flexibility index (Phi) is 17.3. The molecule has 42 heavy (non-hydrogen) atoms. The second-order valence-corrected chi connectivity index (χ2v) is 13.7. The maximum atomic E-state index is 12.6. The van der Waals surface area contributed by atoms with Crippen molar-refractivity contribution in [1.29, 1.82) is 10.5 Å². The van der Waals surface area contributed by atoms with Crippen molar-refractivity contribution in [1.82, 2.24) is 0 Å². The van der Waals surface area contributed by atoms with E-state index in [9.17, 15) is 30.0 Å². The molecule has 2 aromatic carbocycles. The largest absolute Gasteiger partial charge is 2.00 e. The smallest absolute Gasteiger partial charge is 2.00 e. The standard InChI is InChI=1S/C25H28O2P.2C2H3N.F6P.Ru/c1-19-17-20(25(2,3)4)18-23(19)24(26)27-15-16-28(21-11-7-5-8-12-21)22-13-9-6-10-14-22;2*1-2-3;1-7(2,3,4,5)6;/h5-14,17-18H,15-16H2,1-4H3;2*1H3;;/q;;;-1;+2. The normalized spacial score (nSPS) is 15.3. The van der Waals surface area contributed by atoms with E-state index < -0.39 is 15.7 Å². The Bertz CT molecular complexity index is 1090. The molecule has 1 aliphatic carbocycles. The van der Waals surface area contributed by atoms with Crippen molar-refractivity contribution in [2.45, 2.75) is 41.5 Å². The first-order chi connectivity index (χ1) is 18.6. The second-order valence-electron chi connectivity index (χ2n) is 9.45. The quantitative estimate of drug-likeness (QED) is 0.129. The molecule has 4 nitrogen and oxygen atoms in total. The number of ether oxygens (including phenoxy) is 1. The van der Waals surface area contributed by atoms with E-state index in [0.29, 0.717) is 12.5 Å². The van der Waals surface area contributed by atoms with Crippen LogP contribution < -0.4 is 10.6 Å². The van der Waals surface area contributed by atoms with Crippen LogP contribution in [-0.4, -0.2) is 18.7 Å². The Balaban J connectivity index is 0. The van der Waals surface area contributed by atoms with Crippen LogP contribution in [0.25, 0.3) is 0 Å². The van der Waals surface area contributed by atoms with Gasteiger partial charge in [0.15, 0.2) is 0 Å². The van der Waals surface area contributed by atoms with Gasteiger partial charge < -0.3 is 4.74 Å². The van der Waals surface area contributed by atoms with Crippen LogP contribution in [0.2, 0.25) is 0 Å². The van der Waals surface area contributed by atoms with Gasteiger partial charge in [-0.15, -0.1) is 0 Å². The zero-order chi connectivity index (χ0) is 32.0. The van der Waals surface area contributed by atoms with Gasteiger partial charge in [0.05, 0.1) is 24.7 Å². The zero-order valence-electron chi connectivity index (χ0n) is 24.1. The van der Waals surface area contributed by atoms with Crippen LogP contribution in [0.4, 0.5) is 25.2 Å². The molecule has 0 saturated heterocycles. The van der Waals surface area contributed by atoms with Crippen molar-refractivity contribution < 1.29 is 54.2 Å². The van der Waals surface area contributed by atoms with Gasteiger partial charge in [-0.1, -0.05) is 88.4 Å². The average Bonchev–Trinajstić information content (AvgIpc) is 3.24. The summed E-state index contributed by atoms with van der Waals surface area (Å²) in [5.41, 5.74) is 0.0260. The molecule has 13 heteroatoms. The van der Waals surface area contributed by atoms with Crippen LogP contribution in [-0.2, 0) is 29.0 Å². The van der Waals surface area contributed by atoms with Crippen LogP contribution in [0, 0.1) is 58.7 Å². The summed E-state index contributed by atoms with van der Waals surface area (Å²) in [7, 11) is -11.2. The zero-order valence-corrected chi connectivity index (χ0v) is 27.6. The molecule has 2 aromatic rings. The van der Waals surface area contributed by atoms with Crippen LogP contribution >= 0.6 is 15.7 Å². The molecule has 0 aromatic heterocycles. The fraction of sp³-hybridized carbons (Fsp3) is 0.310. The molecule has 1 saturated carbocycles. The molecule has 0 N–H and O–H groups in total. The Hall–Kier alpha value is -2.05. The number of carbonyl (C=O) groups excluding carboxylic acids is 1. The predicted octanol–water partition coefficient (Wildman–Crippen LogP) is 9.31. The number of nitriles is 2. The molecular formula is C29H34F6N2O2P2Ru+. The summed E-state index contributed by atoms with van der Waals surface area (Å²) >= 11 is 0. The van der Waals surface area contributed by atoms with E-state index in [1.165, 1.54) is 30.4 Å². The average molecular weight is 720 g/mol. The van der Waals surface area contributed by atoms with E-state index in [4.69, 9.17) is 15.3 Å². The van der Waals surface area contributed by atoms with Gasteiger partial charge in [-0.2, -0.15) is 10.5 Å². The molecule has 0 aliphatic heterocycles. The molecule has 1 aliphatic rings. The van der Waals surface area contributed by atoms with E-state index >= 15 is 0 Å². The van der Waals surface area contributed by atoms with E-state index in [2.05, 4.69) is 75.7 Å². The summed E-state index contributed by atoms with van der Waals surface area (Å²) in [6.07, 6.45) is 4.90. The first-order valence-electron chi connectivity index (χ1n) is 12.1. The minimum Gasteiger partial charge on any atom is 2.00 e. The van der Waals surface area contributed by atoms with Crippen molar-refractivity contribution in [2.75, 3.05) is 12.8 Å². The number of esters is 1. The monoisotopic (exact) mass is 720 g/mol. The fourth-order valence-electron chi connectivity index (χ4n) is 3.21. The van der Waals surface area contributed by atoms with Gasteiger partial charge in [0.1, 0.15) is 0 Å². The van der Waals surface area contributed by atoms with Gasteiger partial charge in [0.25, 0.3) is 0 Å². The molecule has 0 spiro atoms. The Morgan fingerprint density at radius 3 is 1.50 bits per heavy atom. The van der Waals surface area contributed by atoms with Gasteiger partial charge in [0.2, 0.25) is 0 Å². The Labute approximate surface area is 259 Å². The number of halogens is 6. The molecule has 0 heterocycles. The van der Waals surface area contributed by atoms with E-state index in [1.54, 1.807) is 12.1 Å². The number of hydrogen-bond donors (Lipinski definition) is 0. The van der Waals surface area contributed by atoms with Gasteiger partial charge in [-0.25, -0.2) is 0 Å². The van der Waals surface area contributed by atoms with Crippen molar-refractivity contribution in [2.24, 2.45) is 5.41 Å². The predicted molar refractivity (Wildman–Crippen MR) is 154 cm³/mol. The van der Waals surface area contributed by atoms with Crippen LogP contribution in [0.5, 0.6) is 0 Å². The molecule has 0 bridgehead atoms. The third-order valence-electron chi connectivity index (χ3n) is 4.87. The third kappa shape index (κ3) is 20.8. The van der Waals surface area contributed by atoms with E-state index in [-0.39, 0.29) is 30.9 Å². The molecular weight excluding hydrogens is 685 g/mol. The number of nitrogens with zero attached hydrogens (tertiary/aromatic N) is 2. The van der Waals surface area contributed by atoms with Gasteiger partial charge in [-0.05, 0) is 48.6 Å². The van der Waals surface area contributed by atoms with Crippen molar-refractivity contribution in [3.8, 4) is 12.1 Å².